The molecule has 2 atom stereocenters. The highest BCUT2D eigenvalue weighted by Crippen LogP contribution is 2.51. The average Bonchev–Trinajstić information content (AvgIpc) is 3.13. The molecule has 1 unspecified atom stereocenters. The summed E-state index contributed by atoms with van der Waals surface area (Å²) >= 11 is 0. The minimum absolute atomic E-state index is 0.0216. The molecule has 0 radical (unpaired) electrons. The molecule has 1 saturated carbocycles. The number of para-hydroxylation sites is 1. The lowest BCUT2D eigenvalue weighted by Crippen LogP contribution is -2.44. The van der Waals surface area contributed by atoms with Gasteiger partial charge in [-0.15, -0.1) is 0 Å². The monoisotopic (exact) mass is 217 g/mol. The van der Waals surface area contributed by atoms with Crippen LogP contribution in [0.5, 0.6) is 5.75 Å². The molecule has 1 heterocycles. The molecule has 2 nitrogen and oxygen atoms in total. The van der Waals surface area contributed by atoms with Crippen LogP contribution in [0, 0.1) is 5.92 Å². The first-order valence-corrected chi connectivity index (χ1v) is 6.29. The van der Waals surface area contributed by atoms with Gasteiger partial charge in [0.15, 0.2) is 0 Å². The van der Waals surface area contributed by atoms with Gasteiger partial charge >= 0.3 is 0 Å². The van der Waals surface area contributed by atoms with Crippen LogP contribution in [-0.2, 0) is 0 Å². The fourth-order valence-electron chi connectivity index (χ4n) is 2.99. The molecule has 1 aliphatic carbocycles. The first-order chi connectivity index (χ1) is 7.75. The Morgan fingerprint density at radius 3 is 2.81 bits per heavy atom. The third-order valence-corrected chi connectivity index (χ3v) is 4.12. The Kier molecular flexibility index (Phi) is 2.21. The molecule has 0 amide bonds. The van der Waals surface area contributed by atoms with E-state index in [9.17, 15) is 0 Å². The Morgan fingerprint density at radius 2 is 2.12 bits per heavy atom. The maximum Gasteiger partial charge on any atom is 0.124 e. The molecule has 0 aromatic heterocycles. The quantitative estimate of drug-likeness (QED) is 0.826. The van der Waals surface area contributed by atoms with Crippen molar-refractivity contribution in [3.63, 3.8) is 0 Å². The van der Waals surface area contributed by atoms with E-state index in [-0.39, 0.29) is 11.6 Å². The van der Waals surface area contributed by atoms with Gasteiger partial charge in [0, 0.05) is 18.0 Å². The topological polar surface area (TPSA) is 35.2 Å². The Labute approximate surface area is 96.8 Å². The fraction of sp³-hybridized carbons (Fsp3) is 0.571. The first kappa shape index (κ1) is 10.2. The summed E-state index contributed by atoms with van der Waals surface area (Å²) in [7, 11) is 0. The molecule has 1 fully saturated rings. The third kappa shape index (κ3) is 1.44. The molecule has 1 aliphatic heterocycles. The second-order valence-corrected chi connectivity index (χ2v) is 5.14. The fourth-order valence-corrected chi connectivity index (χ4v) is 2.99. The van der Waals surface area contributed by atoms with Gasteiger partial charge in [0.1, 0.15) is 11.4 Å². The minimum atomic E-state index is 0.0216. The number of ether oxygens (including phenoxy) is 1. The number of rotatable bonds is 2. The summed E-state index contributed by atoms with van der Waals surface area (Å²) in [4.78, 5) is 0. The highest BCUT2D eigenvalue weighted by atomic mass is 16.5. The molecule has 86 valence electrons. The third-order valence-electron chi connectivity index (χ3n) is 4.12. The molecular formula is C14H19NO. The van der Waals surface area contributed by atoms with E-state index in [4.69, 9.17) is 10.5 Å². The standard InChI is InChI=1S/C14H19NO/c1-2-14(10-7-8-10)9-12(15)11-5-3-4-6-13(11)16-14/h3-6,10,12H,2,7-9,15H2,1H3/t12-,14?/m0/s1. The lowest BCUT2D eigenvalue weighted by Gasteiger charge is -2.41. The van der Waals surface area contributed by atoms with Crippen molar-refractivity contribution in [1.82, 2.24) is 0 Å². The van der Waals surface area contributed by atoms with Gasteiger partial charge < -0.3 is 10.5 Å². The predicted molar refractivity (Wildman–Crippen MR) is 64.4 cm³/mol. The van der Waals surface area contributed by atoms with Gasteiger partial charge in [-0.05, 0) is 31.2 Å². The Morgan fingerprint density at radius 1 is 1.38 bits per heavy atom. The van der Waals surface area contributed by atoms with Crippen LogP contribution in [0.3, 0.4) is 0 Å². The Balaban J connectivity index is 1.98. The van der Waals surface area contributed by atoms with E-state index in [1.54, 1.807) is 0 Å². The molecule has 2 heteroatoms. The summed E-state index contributed by atoms with van der Waals surface area (Å²) in [6, 6.07) is 8.36. The van der Waals surface area contributed by atoms with Crippen molar-refractivity contribution in [2.75, 3.05) is 0 Å². The largest absolute Gasteiger partial charge is 0.487 e. The Hall–Kier alpha value is -1.02. The zero-order valence-corrected chi connectivity index (χ0v) is 9.78. The van der Waals surface area contributed by atoms with E-state index in [2.05, 4.69) is 19.1 Å². The summed E-state index contributed by atoms with van der Waals surface area (Å²) in [5, 5.41) is 0. The molecule has 2 aliphatic rings. The zero-order valence-electron chi connectivity index (χ0n) is 9.78. The average molecular weight is 217 g/mol. The van der Waals surface area contributed by atoms with Gasteiger partial charge in [0.05, 0.1) is 0 Å². The van der Waals surface area contributed by atoms with Gasteiger partial charge in [-0.3, -0.25) is 0 Å². The van der Waals surface area contributed by atoms with Crippen LogP contribution in [0.2, 0.25) is 0 Å². The lowest BCUT2D eigenvalue weighted by atomic mass is 9.82. The van der Waals surface area contributed by atoms with Crippen molar-refractivity contribution in [3.05, 3.63) is 29.8 Å². The van der Waals surface area contributed by atoms with Crippen molar-refractivity contribution in [2.45, 2.75) is 44.2 Å². The van der Waals surface area contributed by atoms with Crippen molar-refractivity contribution in [2.24, 2.45) is 11.7 Å². The van der Waals surface area contributed by atoms with Crippen LogP contribution in [0.25, 0.3) is 0 Å². The van der Waals surface area contributed by atoms with E-state index >= 15 is 0 Å². The normalized spacial score (nSPS) is 33.0. The lowest BCUT2D eigenvalue weighted by molar-refractivity contribution is 0.0107. The number of fused-ring (bicyclic) bond motifs is 1. The van der Waals surface area contributed by atoms with E-state index in [0.717, 1.165) is 24.5 Å². The van der Waals surface area contributed by atoms with E-state index in [0.29, 0.717) is 0 Å². The molecule has 1 aromatic carbocycles. The summed E-state index contributed by atoms with van der Waals surface area (Å²) in [5.41, 5.74) is 7.48. The first-order valence-electron chi connectivity index (χ1n) is 6.29. The smallest absolute Gasteiger partial charge is 0.124 e. The number of nitrogens with two attached hydrogens (primary N) is 1. The number of benzene rings is 1. The van der Waals surface area contributed by atoms with Crippen LogP contribution in [0.15, 0.2) is 24.3 Å². The van der Waals surface area contributed by atoms with Gasteiger partial charge in [-0.1, -0.05) is 25.1 Å². The highest BCUT2D eigenvalue weighted by molar-refractivity contribution is 5.39. The summed E-state index contributed by atoms with van der Waals surface area (Å²) < 4.78 is 6.28. The minimum Gasteiger partial charge on any atom is -0.487 e. The van der Waals surface area contributed by atoms with E-state index in [1.807, 2.05) is 12.1 Å². The van der Waals surface area contributed by atoms with Crippen LogP contribution in [0.4, 0.5) is 0 Å². The zero-order chi connectivity index (χ0) is 11.2. The number of hydrogen-bond donors (Lipinski definition) is 1. The molecule has 1 aromatic rings. The second-order valence-electron chi connectivity index (χ2n) is 5.14. The van der Waals surface area contributed by atoms with Crippen molar-refractivity contribution in [3.8, 4) is 5.75 Å². The van der Waals surface area contributed by atoms with Gasteiger partial charge in [-0.25, -0.2) is 0 Å². The van der Waals surface area contributed by atoms with Gasteiger partial charge in [0.2, 0.25) is 0 Å². The van der Waals surface area contributed by atoms with Crippen molar-refractivity contribution < 1.29 is 4.74 Å². The van der Waals surface area contributed by atoms with Crippen LogP contribution in [0.1, 0.15) is 44.2 Å². The maximum atomic E-state index is 6.28. The molecule has 0 bridgehead atoms. The molecule has 0 spiro atoms. The second kappa shape index (κ2) is 3.49. The highest BCUT2D eigenvalue weighted by Gasteiger charge is 2.49. The maximum absolute atomic E-state index is 6.28. The SMILES string of the molecule is CCC1(C2CC2)C[C@H](N)c2ccccc2O1. The molecule has 3 rings (SSSR count). The van der Waals surface area contributed by atoms with Crippen LogP contribution in [-0.4, -0.2) is 5.60 Å². The predicted octanol–water partition coefficient (Wildman–Crippen LogP) is 3.03. The van der Waals surface area contributed by atoms with Gasteiger partial charge in [0.25, 0.3) is 0 Å². The van der Waals surface area contributed by atoms with Gasteiger partial charge in [-0.2, -0.15) is 0 Å². The molecular weight excluding hydrogens is 198 g/mol. The van der Waals surface area contributed by atoms with E-state index < -0.39 is 0 Å². The van der Waals surface area contributed by atoms with Crippen LogP contribution >= 0.6 is 0 Å². The molecule has 2 N–H and O–H groups in total. The van der Waals surface area contributed by atoms with Crippen LogP contribution < -0.4 is 10.5 Å². The van der Waals surface area contributed by atoms with E-state index in [1.165, 1.54) is 18.4 Å². The molecule has 0 saturated heterocycles. The summed E-state index contributed by atoms with van der Waals surface area (Å²) in [5.74, 6) is 1.74. The number of hydrogen-bond acceptors (Lipinski definition) is 2. The van der Waals surface area contributed by atoms with Crippen molar-refractivity contribution >= 4 is 0 Å². The molecule has 16 heavy (non-hydrogen) atoms. The van der Waals surface area contributed by atoms with Crippen molar-refractivity contribution in [1.29, 1.82) is 0 Å². The summed E-state index contributed by atoms with van der Waals surface area (Å²) in [6.45, 7) is 2.22. The summed E-state index contributed by atoms with van der Waals surface area (Å²) in [6.07, 6.45) is 4.66. The Bertz CT molecular complexity index is 399.